The topological polar surface area (TPSA) is 154 Å². The van der Waals surface area contributed by atoms with Gasteiger partial charge in [-0.3, -0.25) is 9.62 Å². The number of H-pyrrole nitrogens is 1. The van der Waals surface area contributed by atoms with Gasteiger partial charge < -0.3 is 19.5 Å². The Hall–Kier alpha value is -4.74. The highest BCUT2D eigenvalue weighted by atomic mass is 16.7. The summed E-state index contributed by atoms with van der Waals surface area (Å²) >= 11 is 0. The predicted molar refractivity (Wildman–Crippen MR) is 126 cm³/mol. The Kier molecular flexibility index (Phi) is 6.95. The van der Waals surface area contributed by atoms with Crippen LogP contribution in [0.5, 0.6) is 17.7 Å². The molecule has 0 aliphatic rings. The first-order chi connectivity index (χ1) is 17.2. The summed E-state index contributed by atoms with van der Waals surface area (Å²) in [5, 5.41) is 13.0. The molecule has 0 radical (unpaired) electrons. The van der Waals surface area contributed by atoms with Crippen LogP contribution in [0.25, 0.3) is 22.6 Å². The number of alkyl carbamates (subject to hydrolysis) is 1. The van der Waals surface area contributed by atoms with Crippen LogP contribution in [-0.4, -0.2) is 49.0 Å². The molecule has 0 saturated heterocycles. The summed E-state index contributed by atoms with van der Waals surface area (Å²) in [7, 11) is 0. The van der Waals surface area contributed by atoms with Gasteiger partial charge >= 0.3 is 18.1 Å². The molecule has 0 fully saturated rings. The van der Waals surface area contributed by atoms with E-state index >= 15 is 0 Å². The molecule has 12 nitrogen and oxygen atoms in total. The second-order valence-electron chi connectivity index (χ2n) is 8.66. The number of benzene rings is 1. The molecule has 0 saturated carbocycles. The monoisotopic (exact) mass is 492 g/mol. The Morgan fingerprint density at radius 1 is 1.11 bits per heavy atom. The zero-order chi connectivity index (χ0) is 25.7. The fourth-order valence-electron chi connectivity index (χ4n) is 2.92. The van der Waals surface area contributed by atoms with E-state index in [2.05, 4.69) is 30.6 Å². The van der Waals surface area contributed by atoms with Gasteiger partial charge in [-0.1, -0.05) is 17.3 Å². The molecule has 0 bridgehead atoms. The van der Waals surface area contributed by atoms with E-state index in [0.29, 0.717) is 17.2 Å². The fourth-order valence-corrected chi connectivity index (χ4v) is 2.92. The average Bonchev–Trinajstić information content (AvgIpc) is 3.51. The van der Waals surface area contributed by atoms with Gasteiger partial charge in [-0.15, -0.1) is 0 Å². The van der Waals surface area contributed by atoms with E-state index in [1.54, 1.807) is 63.5 Å². The van der Waals surface area contributed by atoms with E-state index in [1.807, 2.05) is 12.1 Å². The fraction of sp³-hybridized carbons (Fsp3) is 0.250. The standard InChI is InChI=1S/C24H24N6O6/c1-14(27-22(32)35-24(2,3)4)21(31)34-23-28-20(30-36-23)15-6-5-7-17(12-15)33-19-9-8-16(13-25-19)18-10-11-26-29-18/h5-14H,1-4H3,(H,26,29)(H,27,32)/t14-/m0/s1. The number of hydrogen-bond acceptors (Lipinski definition) is 10. The zero-order valence-electron chi connectivity index (χ0n) is 20.0. The Balaban J connectivity index is 1.37. The number of esters is 1. The largest absolute Gasteiger partial charge is 0.444 e. The van der Waals surface area contributed by atoms with Gasteiger partial charge in [-0.2, -0.15) is 10.1 Å². The van der Waals surface area contributed by atoms with Crippen molar-refractivity contribution in [1.82, 2.24) is 30.6 Å². The summed E-state index contributed by atoms with van der Waals surface area (Å²) in [4.78, 5) is 32.5. The molecule has 1 aromatic carbocycles. The van der Waals surface area contributed by atoms with Gasteiger partial charge in [0.05, 0.1) is 5.69 Å². The molecule has 12 heteroatoms. The quantitative estimate of drug-likeness (QED) is 0.360. The van der Waals surface area contributed by atoms with Crippen molar-refractivity contribution in [3.63, 3.8) is 0 Å². The van der Waals surface area contributed by atoms with Crippen molar-refractivity contribution in [2.24, 2.45) is 0 Å². The molecule has 36 heavy (non-hydrogen) atoms. The third kappa shape index (κ3) is 6.44. The van der Waals surface area contributed by atoms with Gasteiger partial charge in [-0.25, -0.2) is 14.6 Å². The van der Waals surface area contributed by atoms with E-state index in [-0.39, 0.29) is 11.9 Å². The second kappa shape index (κ2) is 10.3. The minimum atomic E-state index is -1.00. The van der Waals surface area contributed by atoms with Gasteiger partial charge in [0, 0.05) is 29.6 Å². The highest BCUT2D eigenvalue weighted by Crippen LogP contribution is 2.27. The molecule has 1 amide bonds. The summed E-state index contributed by atoms with van der Waals surface area (Å²) in [5.41, 5.74) is 1.58. The van der Waals surface area contributed by atoms with Crippen molar-refractivity contribution >= 4 is 12.1 Å². The Labute approximate surface area is 206 Å². The number of hydrogen-bond donors (Lipinski definition) is 2. The van der Waals surface area contributed by atoms with Crippen LogP contribution in [0.4, 0.5) is 4.79 Å². The first kappa shape index (κ1) is 24.4. The molecule has 186 valence electrons. The number of nitrogens with one attached hydrogen (secondary N) is 2. The molecule has 4 rings (SSSR count). The van der Waals surface area contributed by atoms with Crippen LogP contribution in [0.3, 0.4) is 0 Å². The van der Waals surface area contributed by atoms with E-state index in [9.17, 15) is 9.59 Å². The van der Waals surface area contributed by atoms with Crippen molar-refractivity contribution in [2.45, 2.75) is 39.3 Å². The summed E-state index contributed by atoms with van der Waals surface area (Å²) in [6, 6.07) is 11.4. The molecule has 3 heterocycles. The molecule has 0 aliphatic carbocycles. The third-order valence-electron chi connectivity index (χ3n) is 4.54. The number of rotatable bonds is 7. The van der Waals surface area contributed by atoms with Gasteiger partial charge in [-0.05, 0) is 52.0 Å². The molecule has 1 atom stereocenters. The summed E-state index contributed by atoms with van der Waals surface area (Å²) in [5.74, 6) is 0.272. The van der Waals surface area contributed by atoms with Crippen molar-refractivity contribution < 1.29 is 28.3 Å². The average molecular weight is 492 g/mol. The first-order valence-electron chi connectivity index (χ1n) is 11.0. The summed E-state index contributed by atoms with van der Waals surface area (Å²) in [6.45, 7) is 6.58. The zero-order valence-corrected chi connectivity index (χ0v) is 20.0. The molecule has 0 spiro atoms. The maximum Gasteiger partial charge on any atom is 0.425 e. The molecular weight excluding hydrogens is 468 g/mol. The van der Waals surface area contributed by atoms with Crippen molar-refractivity contribution in [1.29, 1.82) is 0 Å². The van der Waals surface area contributed by atoms with Gasteiger partial charge in [0.15, 0.2) is 0 Å². The molecular formula is C24H24N6O6. The lowest BCUT2D eigenvalue weighted by atomic mass is 10.2. The second-order valence-corrected chi connectivity index (χ2v) is 8.66. The predicted octanol–water partition coefficient (Wildman–Crippen LogP) is 4.13. The maximum absolute atomic E-state index is 12.3. The highest BCUT2D eigenvalue weighted by Gasteiger charge is 2.24. The number of ether oxygens (including phenoxy) is 3. The van der Waals surface area contributed by atoms with Crippen molar-refractivity contribution in [3.8, 4) is 40.4 Å². The highest BCUT2D eigenvalue weighted by molar-refractivity contribution is 5.82. The SMILES string of the molecule is C[C@H](NC(=O)OC(C)(C)C)C(=O)Oc1nc(-c2cccc(Oc3ccc(-c4ccn[nH]4)cn3)c2)no1. The number of aromatic amines is 1. The van der Waals surface area contributed by atoms with Crippen LogP contribution in [0.1, 0.15) is 27.7 Å². The Morgan fingerprint density at radius 2 is 1.94 bits per heavy atom. The minimum absolute atomic E-state index is 0.179. The lowest BCUT2D eigenvalue weighted by Gasteiger charge is -2.21. The van der Waals surface area contributed by atoms with Crippen LogP contribution in [0.15, 0.2) is 59.4 Å². The molecule has 0 unspecified atom stereocenters. The minimum Gasteiger partial charge on any atom is -0.444 e. The lowest BCUT2D eigenvalue weighted by molar-refractivity contribution is -0.138. The molecule has 0 aliphatic heterocycles. The molecule has 2 N–H and O–H groups in total. The van der Waals surface area contributed by atoms with Crippen LogP contribution in [-0.2, 0) is 9.53 Å². The van der Waals surface area contributed by atoms with Crippen LogP contribution in [0.2, 0.25) is 0 Å². The first-order valence-corrected chi connectivity index (χ1v) is 11.0. The van der Waals surface area contributed by atoms with E-state index in [1.165, 1.54) is 6.92 Å². The van der Waals surface area contributed by atoms with Crippen LogP contribution < -0.4 is 14.8 Å². The van der Waals surface area contributed by atoms with E-state index in [4.69, 9.17) is 18.7 Å². The molecule has 3 aromatic heterocycles. The number of carbonyl (C=O) groups excluding carboxylic acids is 2. The van der Waals surface area contributed by atoms with Gasteiger partial charge in [0.1, 0.15) is 17.4 Å². The van der Waals surface area contributed by atoms with E-state index < -0.39 is 23.7 Å². The normalized spacial score (nSPS) is 12.0. The number of amides is 1. The molecule has 4 aromatic rings. The number of aromatic nitrogens is 5. The van der Waals surface area contributed by atoms with Crippen molar-refractivity contribution in [3.05, 3.63) is 54.9 Å². The Bertz CT molecular complexity index is 1330. The summed E-state index contributed by atoms with van der Waals surface area (Å²) in [6.07, 6.45) is 2.22. The lowest BCUT2D eigenvalue weighted by Crippen LogP contribution is -2.43. The maximum atomic E-state index is 12.3. The third-order valence-corrected chi connectivity index (χ3v) is 4.54. The number of pyridine rings is 1. The van der Waals surface area contributed by atoms with Gasteiger partial charge in [0.25, 0.3) is 0 Å². The van der Waals surface area contributed by atoms with E-state index in [0.717, 1.165) is 11.3 Å². The van der Waals surface area contributed by atoms with Crippen LogP contribution >= 0.6 is 0 Å². The smallest absolute Gasteiger partial charge is 0.425 e. The summed E-state index contributed by atoms with van der Waals surface area (Å²) < 4.78 is 21.0. The number of carbonyl (C=O) groups is 2. The van der Waals surface area contributed by atoms with Crippen molar-refractivity contribution in [2.75, 3.05) is 0 Å². The van der Waals surface area contributed by atoms with Gasteiger partial charge in [0.2, 0.25) is 11.7 Å². The number of nitrogens with zero attached hydrogens (tertiary/aromatic N) is 4. The Morgan fingerprint density at radius 3 is 2.64 bits per heavy atom. The van der Waals surface area contributed by atoms with Crippen LogP contribution in [0, 0.1) is 0 Å².